The second-order valence-corrected chi connectivity index (χ2v) is 6.57. The predicted octanol–water partition coefficient (Wildman–Crippen LogP) is 4.89. The zero-order valence-corrected chi connectivity index (χ0v) is 15.7. The molecule has 2 nitrogen and oxygen atoms in total. The summed E-state index contributed by atoms with van der Waals surface area (Å²) in [7, 11) is 0. The van der Waals surface area contributed by atoms with Gasteiger partial charge in [-0.05, 0) is 71.9 Å². The van der Waals surface area contributed by atoms with Crippen LogP contribution in [0.25, 0.3) is 0 Å². The van der Waals surface area contributed by atoms with Gasteiger partial charge < -0.3 is 11.5 Å². The average Bonchev–Trinajstić information content (AvgIpc) is 2.61. The quantitative estimate of drug-likeness (QED) is 0.713. The van der Waals surface area contributed by atoms with Crippen molar-refractivity contribution in [2.45, 2.75) is 66.2 Å². The fourth-order valence-corrected chi connectivity index (χ4v) is 3.45. The van der Waals surface area contributed by atoms with Crippen LogP contribution in [0.1, 0.15) is 61.1 Å². The van der Waals surface area contributed by atoms with Gasteiger partial charge in [-0.1, -0.05) is 52.0 Å². The fourth-order valence-electron chi connectivity index (χ4n) is 3.45. The lowest BCUT2D eigenvalue weighted by Crippen LogP contribution is -2.04. The van der Waals surface area contributed by atoms with Gasteiger partial charge in [0.15, 0.2) is 0 Å². The number of nitrogen functional groups attached to an aromatic ring is 2. The van der Waals surface area contributed by atoms with E-state index < -0.39 is 0 Å². The molecule has 130 valence electrons. The summed E-state index contributed by atoms with van der Waals surface area (Å²) in [4.78, 5) is 0. The molecule has 0 aliphatic rings. The Labute approximate surface area is 147 Å². The van der Waals surface area contributed by atoms with E-state index in [1.807, 2.05) is 0 Å². The molecular weight excluding hydrogens is 292 g/mol. The third-order valence-corrected chi connectivity index (χ3v) is 5.05. The number of anilines is 2. The van der Waals surface area contributed by atoms with Gasteiger partial charge in [-0.25, -0.2) is 0 Å². The SMILES string of the molecule is CCc1cc(CCc2cc(CC)c(N)c(CC)c2)cc(CC)c1N. The summed E-state index contributed by atoms with van der Waals surface area (Å²) < 4.78 is 0. The van der Waals surface area contributed by atoms with Crippen molar-refractivity contribution in [3.05, 3.63) is 57.6 Å². The summed E-state index contributed by atoms with van der Waals surface area (Å²) in [5, 5.41) is 0. The van der Waals surface area contributed by atoms with Crippen LogP contribution in [0.3, 0.4) is 0 Å². The van der Waals surface area contributed by atoms with Crippen LogP contribution >= 0.6 is 0 Å². The van der Waals surface area contributed by atoms with E-state index in [1.54, 1.807) is 0 Å². The fraction of sp³-hybridized carbons (Fsp3) is 0.455. The minimum atomic E-state index is 0.984. The Balaban J connectivity index is 2.25. The smallest absolute Gasteiger partial charge is 0.0379 e. The standard InChI is InChI=1S/C22H32N2/c1-5-17-11-15(12-18(6-2)21(17)23)9-10-16-13-19(7-3)22(24)20(8-4)14-16/h11-14H,5-10,23-24H2,1-4H3. The molecule has 0 unspecified atom stereocenters. The zero-order chi connectivity index (χ0) is 17.7. The van der Waals surface area contributed by atoms with Gasteiger partial charge in [0, 0.05) is 11.4 Å². The molecule has 2 aromatic carbocycles. The Morgan fingerprint density at radius 3 is 1.00 bits per heavy atom. The van der Waals surface area contributed by atoms with Crippen LogP contribution in [-0.4, -0.2) is 0 Å². The molecule has 0 heterocycles. The number of nitrogens with two attached hydrogens (primary N) is 2. The molecule has 0 atom stereocenters. The van der Waals surface area contributed by atoms with Crippen molar-refractivity contribution in [3.8, 4) is 0 Å². The summed E-state index contributed by atoms with van der Waals surface area (Å²) in [6.07, 6.45) is 6.08. The third kappa shape index (κ3) is 3.92. The number of aryl methyl sites for hydroxylation is 6. The van der Waals surface area contributed by atoms with Crippen molar-refractivity contribution < 1.29 is 0 Å². The Morgan fingerprint density at radius 1 is 0.542 bits per heavy atom. The molecule has 0 aromatic heterocycles. The van der Waals surface area contributed by atoms with Gasteiger partial charge in [-0.15, -0.1) is 0 Å². The van der Waals surface area contributed by atoms with Crippen molar-refractivity contribution in [3.63, 3.8) is 0 Å². The molecule has 0 saturated heterocycles. The van der Waals surface area contributed by atoms with Crippen LogP contribution in [0.2, 0.25) is 0 Å². The topological polar surface area (TPSA) is 52.0 Å². The molecule has 0 saturated carbocycles. The molecule has 2 heteroatoms. The molecule has 0 bridgehead atoms. The number of hydrogen-bond donors (Lipinski definition) is 2. The maximum absolute atomic E-state index is 6.26. The Kier molecular flexibility index (Phi) is 6.30. The lowest BCUT2D eigenvalue weighted by molar-refractivity contribution is 0.935. The van der Waals surface area contributed by atoms with E-state index in [9.17, 15) is 0 Å². The summed E-state index contributed by atoms with van der Waals surface area (Å²) >= 11 is 0. The van der Waals surface area contributed by atoms with Crippen LogP contribution in [-0.2, 0) is 38.5 Å². The molecular formula is C22H32N2. The highest BCUT2D eigenvalue weighted by Gasteiger charge is 2.09. The largest absolute Gasteiger partial charge is 0.398 e. The lowest BCUT2D eigenvalue weighted by Gasteiger charge is -2.14. The highest BCUT2D eigenvalue weighted by molar-refractivity contribution is 5.57. The molecule has 0 fully saturated rings. The van der Waals surface area contributed by atoms with Crippen molar-refractivity contribution >= 4 is 11.4 Å². The van der Waals surface area contributed by atoms with Gasteiger partial charge in [-0.3, -0.25) is 0 Å². The van der Waals surface area contributed by atoms with E-state index in [1.165, 1.54) is 33.4 Å². The molecule has 0 radical (unpaired) electrons. The van der Waals surface area contributed by atoms with Gasteiger partial charge >= 0.3 is 0 Å². The van der Waals surface area contributed by atoms with Crippen molar-refractivity contribution in [1.82, 2.24) is 0 Å². The summed E-state index contributed by atoms with van der Waals surface area (Å²) in [6.45, 7) is 8.71. The second-order valence-electron chi connectivity index (χ2n) is 6.57. The van der Waals surface area contributed by atoms with Crippen LogP contribution in [0, 0.1) is 0 Å². The third-order valence-electron chi connectivity index (χ3n) is 5.05. The number of benzene rings is 2. The minimum Gasteiger partial charge on any atom is -0.398 e. The van der Waals surface area contributed by atoms with Gasteiger partial charge in [-0.2, -0.15) is 0 Å². The highest BCUT2D eigenvalue weighted by atomic mass is 14.6. The van der Waals surface area contributed by atoms with Crippen LogP contribution in [0.5, 0.6) is 0 Å². The Morgan fingerprint density at radius 2 is 0.792 bits per heavy atom. The second kappa shape index (κ2) is 8.23. The van der Waals surface area contributed by atoms with Crippen molar-refractivity contribution in [1.29, 1.82) is 0 Å². The monoisotopic (exact) mass is 324 g/mol. The Hall–Kier alpha value is -1.96. The number of hydrogen-bond acceptors (Lipinski definition) is 2. The van der Waals surface area contributed by atoms with Gasteiger partial charge in [0.1, 0.15) is 0 Å². The van der Waals surface area contributed by atoms with Gasteiger partial charge in [0.2, 0.25) is 0 Å². The molecule has 0 aliphatic heterocycles. The molecule has 0 aliphatic carbocycles. The molecule has 24 heavy (non-hydrogen) atoms. The summed E-state index contributed by atoms with van der Waals surface area (Å²) in [6, 6.07) is 9.14. The predicted molar refractivity (Wildman–Crippen MR) is 107 cm³/mol. The minimum absolute atomic E-state index is 0.984. The van der Waals surface area contributed by atoms with E-state index in [0.717, 1.165) is 49.9 Å². The van der Waals surface area contributed by atoms with E-state index in [-0.39, 0.29) is 0 Å². The first-order chi connectivity index (χ1) is 11.5. The first-order valence-electron chi connectivity index (χ1n) is 9.34. The first-order valence-corrected chi connectivity index (χ1v) is 9.34. The lowest BCUT2D eigenvalue weighted by atomic mass is 9.93. The van der Waals surface area contributed by atoms with E-state index in [0.29, 0.717) is 0 Å². The van der Waals surface area contributed by atoms with Crippen molar-refractivity contribution in [2.75, 3.05) is 11.5 Å². The maximum Gasteiger partial charge on any atom is 0.0379 e. The van der Waals surface area contributed by atoms with E-state index in [2.05, 4.69) is 52.0 Å². The highest BCUT2D eigenvalue weighted by Crippen LogP contribution is 2.25. The molecule has 2 aromatic rings. The molecule has 0 spiro atoms. The zero-order valence-electron chi connectivity index (χ0n) is 15.7. The molecule has 0 amide bonds. The normalized spacial score (nSPS) is 11.0. The number of rotatable bonds is 7. The average molecular weight is 325 g/mol. The first kappa shape index (κ1) is 18.4. The summed E-state index contributed by atoms with van der Waals surface area (Å²) in [5.41, 5.74) is 22.4. The van der Waals surface area contributed by atoms with Crippen LogP contribution < -0.4 is 11.5 Å². The van der Waals surface area contributed by atoms with E-state index >= 15 is 0 Å². The molecule has 2 rings (SSSR count). The summed E-state index contributed by atoms with van der Waals surface area (Å²) in [5.74, 6) is 0. The van der Waals surface area contributed by atoms with Gasteiger partial charge in [0.05, 0.1) is 0 Å². The molecule has 4 N–H and O–H groups in total. The van der Waals surface area contributed by atoms with Crippen LogP contribution in [0.15, 0.2) is 24.3 Å². The Bertz CT molecular complexity index is 590. The van der Waals surface area contributed by atoms with Crippen molar-refractivity contribution in [2.24, 2.45) is 0 Å². The van der Waals surface area contributed by atoms with E-state index in [4.69, 9.17) is 11.5 Å². The van der Waals surface area contributed by atoms with Gasteiger partial charge in [0.25, 0.3) is 0 Å². The van der Waals surface area contributed by atoms with Crippen LogP contribution in [0.4, 0.5) is 11.4 Å². The maximum atomic E-state index is 6.26.